The number of carboxylic acids is 1. The average Bonchev–Trinajstić information content (AvgIpc) is 3.03. The van der Waals surface area contributed by atoms with E-state index in [-0.39, 0.29) is 23.7 Å². The summed E-state index contributed by atoms with van der Waals surface area (Å²) in [5, 5.41) is 17.3. The molecule has 0 spiro atoms. The van der Waals surface area contributed by atoms with Crippen LogP contribution in [0.4, 0.5) is 0 Å². The van der Waals surface area contributed by atoms with E-state index in [9.17, 15) is 13.2 Å². The zero-order chi connectivity index (χ0) is 17.2. The van der Waals surface area contributed by atoms with Crippen LogP contribution in [0.5, 0.6) is 0 Å². The lowest BCUT2D eigenvalue weighted by Crippen LogP contribution is -2.27. The van der Waals surface area contributed by atoms with Gasteiger partial charge in [-0.15, -0.1) is 5.10 Å². The summed E-state index contributed by atoms with van der Waals surface area (Å²) in [6, 6.07) is 12.3. The molecule has 9 heteroatoms. The second-order valence-corrected chi connectivity index (χ2v) is 6.78. The summed E-state index contributed by atoms with van der Waals surface area (Å²) in [4.78, 5) is 10.9. The van der Waals surface area contributed by atoms with Crippen LogP contribution in [0.1, 0.15) is 10.5 Å². The maximum atomic E-state index is 12.5. The summed E-state index contributed by atoms with van der Waals surface area (Å²) in [5.74, 6) is -1.18. The molecule has 3 aromatic rings. The number of hydrogen-bond acceptors (Lipinski definition) is 5. The monoisotopic (exact) mass is 346 g/mol. The van der Waals surface area contributed by atoms with Crippen molar-refractivity contribution in [2.24, 2.45) is 0 Å². The Morgan fingerprint density at radius 1 is 1.17 bits per heavy atom. The van der Waals surface area contributed by atoms with Crippen molar-refractivity contribution in [2.75, 3.05) is 6.54 Å². The first-order chi connectivity index (χ1) is 11.5. The lowest BCUT2D eigenvalue weighted by Gasteiger charge is -2.09. The summed E-state index contributed by atoms with van der Waals surface area (Å²) < 4.78 is 28.8. The molecule has 0 fully saturated rings. The van der Waals surface area contributed by atoms with Crippen molar-refractivity contribution in [2.45, 2.75) is 11.4 Å². The third-order valence-corrected chi connectivity index (χ3v) is 4.95. The number of nitrogens with zero attached hydrogens (tertiary/aromatic N) is 3. The van der Waals surface area contributed by atoms with Gasteiger partial charge in [0, 0.05) is 11.9 Å². The number of nitrogens with one attached hydrogen (secondary N) is 1. The summed E-state index contributed by atoms with van der Waals surface area (Å²) >= 11 is 0. The van der Waals surface area contributed by atoms with Gasteiger partial charge in [0.1, 0.15) is 0 Å². The Morgan fingerprint density at radius 2 is 1.92 bits per heavy atom. The molecule has 1 heterocycles. The quantitative estimate of drug-likeness (QED) is 0.691. The Labute approximate surface area is 137 Å². The SMILES string of the molecule is O=C(O)c1cn(CCNS(=O)(=O)c2cccc3ccccc23)nn1. The second-order valence-electron chi connectivity index (χ2n) is 5.05. The van der Waals surface area contributed by atoms with E-state index >= 15 is 0 Å². The van der Waals surface area contributed by atoms with Crippen LogP contribution in [0, 0.1) is 0 Å². The molecule has 24 heavy (non-hydrogen) atoms. The van der Waals surface area contributed by atoms with E-state index < -0.39 is 16.0 Å². The summed E-state index contributed by atoms with van der Waals surface area (Å²) in [7, 11) is -3.69. The predicted molar refractivity (Wildman–Crippen MR) is 86.1 cm³/mol. The molecule has 0 aliphatic heterocycles. The minimum atomic E-state index is -3.69. The zero-order valence-electron chi connectivity index (χ0n) is 12.5. The number of fused-ring (bicyclic) bond motifs is 1. The fraction of sp³-hybridized carbons (Fsp3) is 0.133. The zero-order valence-corrected chi connectivity index (χ0v) is 13.3. The number of aromatic carboxylic acids is 1. The van der Waals surface area contributed by atoms with E-state index in [4.69, 9.17) is 5.11 Å². The molecular formula is C15H14N4O4S. The molecule has 0 saturated heterocycles. The van der Waals surface area contributed by atoms with Crippen LogP contribution in [0.15, 0.2) is 53.6 Å². The summed E-state index contributed by atoms with van der Waals surface area (Å²) in [5.41, 5.74) is -0.188. The van der Waals surface area contributed by atoms with Crippen molar-refractivity contribution >= 4 is 26.8 Å². The lowest BCUT2D eigenvalue weighted by molar-refractivity contribution is 0.0690. The molecule has 2 N–H and O–H groups in total. The highest BCUT2D eigenvalue weighted by Gasteiger charge is 2.16. The molecule has 0 aliphatic rings. The molecule has 0 aliphatic carbocycles. The Morgan fingerprint density at radius 3 is 2.67 bits per heavy atom. The molecule has 3 rings (SSSR count). The third kappa shape index (κ3) is 3.26. The largest absolute Gasteiger partial charge is 0.476 e. The van der Waals surface area contributed by atoms with Crippen LogP contribution in [0.2, 0.25) is 0 Å². The topological polar surface area (TPSA) is 114 Å². The van der Waals surface area contributed by atoms with Crippen molar-refractivity contribution in [3.63, 3.8) is 0 Å². The van der Waals surface area contributed by atoms with Crippen molar-refractivity contribution in [1.29, 1.82) is 0 Å². The maximum Gasteiger partial charge on any atom is 0.358 e. The smallest absolute Gasteiger partial charge is 0.358 e. The molecule has 1 aromatic heterocycles. The Hall–Kier alpha value is -2.78. The van der Waals surface area contributed by atoms with E-state index in [0.29, 0.717) is 5.39 Å². The predicted octanol–water partition coefficient (Wildman–Crippen LogP) is 1.11. The van der Waals surface area contributed by atoms with E-state index in [1.54, 1.807) is 24.3 Å². The van der Waals surface area contributed by atoms with E-state index in [2.05, 4.69) is 15.0 Å². The van der Waals surface area contributed by atoms with Crippen LogP contribution in [-0.4, -0.2) is 41.0 Å². The number of carbonyl (C=O) groups is 1. The molecule has 2 aromatic carbocycles. The van der Waals surface area contributed by atoms with E-state index in [1.165, 1.54) is 10.9 Å². The van der Waals surface area contributed by atoms with Gasteiger partial charge in [-0.05, 0) is 11.5 Å². The van der Waals surface area contributed by atoms with Gasteiger partial charge in [-0.1, -0.05) is 41.6 Å². The van der Waals surface area contributed by atoms with Gasteiger partial charge in [0.05, 0.1) is 17.6 Å². The van der Waals surface area contributed by atoms with Crippen LogP contribution >= 0.6 is 0 Å². The number of benzene rings is 2. The van der Waals surface area contributed by atoms with Crippen LogP contribution in [0.3, 0.4) is 0 Å². The lowest BCUT2D eigenvalue weighted by atomic mass is 10.1. The Bertz CT molecular complexity index is 992. The molecular weight excluding hydrogens is 332 g/mol. The highest BCUT2D eigenvalue weighted by atomic mass is 32.2. The number of sulfonamides is 1. The van der Waals surface area contributed by atoms with Crippen LogP contribution < -0.4 is 4.72 Å². The normalized spacial score (nSPS) is 11.7. The first kappa shape index (κ1) is 16.1. The number of hydrogen-bond donors (Lipinski definition) is 2. The molecule has 0 unspecified atom stereocenters. The molecule has 0 radical (unpaired) electrons. The van der Waals surface area contributed by atoms with Gasteiger partial charge in [-0.25, -0.2) is 17.9 Å². The Balaban J connectivity index is 1.74. The first-order valence-electron chi connectivity index (χ1n) is 7.08. The van der Waals surface area contributed by atoms with E-state index in [1.807, 2.05) is 18.2 Å². The van der Waals surface area contributed by atoms with Crippen molar-refractivity contribution in [1.82, 2.24) is 19.7 Å². The first-order valence-corrected chi connectivity index (χ1v) is 8.56. The van der Waals surface area contributed by atoms with Gasteiger partial charge in [0.2, 0.25) is 10.0 Å². The molecule has 8 nitrogen and oxygen atoms in total. The van der Waals surface area contributed by atoms with Crippen LogP contribution in [0.25, 0.3) is 10.8 Å². The number of carboxylic acid groups (broad SMARTS) is 1. The molecule has 0 amide bonds. The highest BCUT2D eigenvalue weighted by molar-refractivity contribution is 7.89. The van der Waals surface area contributed by atoms with Crippen molar-refractivity contribution in [3.8, 4) is 0 Å². The van der Waals surface area contributed by atoms with Crippen molar-refractivity contribution < 1.29 is 18.3 Å². The average molecular weight is 346 g/mol. The second kappa shape index (κ2) is 6.38. The minimum absolute atomic E-state index is 0.0635. The van der Waals surface area contributed by atoms with Gasteiger partial charge in [0.15, 0.2) is 5.69 Å². The van der Waals surface area contributed by atoms with Gasteiger partial charge in [0.25, 0.3) is 0 Å². The summed E-state index contributed by atoms with van der Waals surface area (Å²) in [6.07, 6.45) is 1.24. The fourth-order valence-electron chi connectivity index (χ4n) is 2.31. The maximum absolute atomic E-state index is 12.5. The van der Waals surface area contributed by atoms with E-state index in [0.717, 1.165) is 5.39 Å². The standard InChI is InChI=1S/C15H14N4O4S/c20-15(21)13-10-19(18-17-13)9-8-16-24(22,23)14-7-3-5-11-4-1-2-6-12(11)14/h1-7,10,16H,8-9H2,(H,20,21). The van der Waals surface area contributed by atoms with Gasteiger partial charge in [-0.3, -0.25) is 4.68 Å². The minimum Gasteiger partial charge on any atom is -0.476 e. The highest BCUT2D eigenvalue weighted by Crippen LogP contribution is 2.22. The fourth-order valence-corrected chi connectivity index (χ4v) is 3.56. The third-order valence-electron chi connectivity index (χ3n) is 3.43. The molecule has 0 atom stereocenters. The van der Waals surface area contributed by atoms with Gasteiger partial charge in [-0.2, -0.15) is 0 Å². The molecule has 124 valence electrons. The number of rotatable bonds is 6. The van der Waals surface area contributed by atoms with Crippen molar-refractivity contribution in [3.05, 3.63) is 54.4 Å². The molecule has 0 bridgehead atoms. The summed E-state index contributed by atoms with van der Waals surface area (Å²) in [6.45, 7) is 0.234. The molecule has 0 saturated carbocycles. The number of aromatic nitrogens is 3. The van der Waals surface area contributed by atoms with Gasteiger partial charge < -0.3 is 5.11 Å². The van der Waals surface area contributed by atoms with Gasteiger partial charge >= 0.3 is 5.97 Å². The Kier molecular flexibility index (Phi) is 4.28. The van der Waals surface area contributed by atoms with Crippen LogP contribution in [-0.2, 0) is 16.6 Å².